The Morgan fingerprint density at radius 2 is 2.00 bits per heavy atom. The number of hydrogen-bond donors (Lipinski definition) is 0. The first-order valence-electron chi connectivity index (χ1n) is 4.08. The molecule has 0 amide bonds. The van der Waals surface area contributed by atoms with E-state index in [4.69, 9.17) is 0 Å². The van der Waals surface area contributed by atoms with Gasteiger partial charge >= 0.3 is 0 Å². The van der Waals surface area contributed by atoms with E-state index in [1.54, 1.807) is 0 Å². The summed E-state index contributed by atoms with van der Waals surface area (Å²) in [5.41, 5.74) is 2.34. The van der Waals surface area contributed by atoms with Gasteiger partial charge in [0.15, 0.2) is 0 Å². The molecular weight excluding hydrogens is 136 g/mol. The van der Waals surface area contributed by atoms with E-state index in [0.717, 1.165) is 17.4 Å². The summed E-state index contributed by atoms with van der Waals surface area (Å²) < 4.78 is 0. The Kier molecular flexibility index (Phi) is 1.41. The van der Waals surface area contributed by atoms with Crippen molar-refractivity contribution >= 4 is 0 Å². The SMILES string of the molecule is Cc1cc(C2CC2)nc(C)n1. The van der Waals surface area contributed by atoms with Crippen LogP contribution < -0.4 is 0 Å². The Balaban J connectivity index is 2.39. The van der Waals surface area contributed by atoms with Crippen molar-refractivity contribution in [1.82, 2.24) is 9.97 Å². The molecule has 58 valence electrons. The molecule has 1 saturated carbocycles. The first kappa shape index (κ1) is 6.77. The maximum atomic E-state index is 4.38. The van der Waals surface area contributed by atoms with E-state index in [1.165, 1.54) is 18.5 Å². The van der Waals surface area contributed by atoms with Crippen LogP contribution in [-0.2, 0) is 0 Å². The van der Waals surface area contributed by atoms with Crippen LogP contribution in [0, 0.1) is 13.8 Å². The molecular formula is C9H12N2. The molecule has 0 radical (unpaired) electrons. The van der Waals surface area contributed by atoms with Crippen LogP contribution >= 0.6 is 0 Å². The first-order valence-corrected chi connectivity index (χ1v) is 4.08. The molecule has 1 aromatic heterocycles. The average Bonchev–Trinajstić information content (AvgIpc) is 2.64. The molecule has 1 heterocycles. The minimum Gasteiger partial charge on any atom is -0.239 e. The molecule has 0 aliphatic heterocycles. The van der Waals surface area contributed by atoms with Crippen LogP contribution in [0.25, 0.3) is 0 Å². The van der Waals surface area contributed by atoms with Gasteiger partial charge in [-0.3, -0.25) is 0 Å². The molecule has 0 saturated heterocycles. The van der Waals surface area contributed by atoms with Gasteiger partial charge < -0.3 is 0 Å². The lowest BCUT2D eigenvalue weighted by Crippen LogP contribution is -1.95. The van der Waals surface area contributed by atoms with Crippen molar-refractivity contribution in [3.63, 3.8) is 0 Å². The molecule has 0 unspecified atom stereocenters. The Labute approximate surface area is 66.7 Å². The summed E-state index contributed by atoms with van der Waals surface area (Å²) in [6.07, 6.45) is 2.63. The molecule has 0 atom stereocenters. The highest BCUT2D eigenvalue weighted by atomic mass is 14.9. The van der Waals surface area contributed by atoms with Crippen molar-refractivity contribution in [2.45, 2.75) is 32.6 Å². The predicted octanol–water partition coefficient (Wildman–Crippen LogP) is 1.97. The lowest BCUT2D eigenvalue weighted by molar-refractivity contribution is 0.919. The Hall–Kier alpha value is -0.920. The zero-order valence-electron chi connectivity index (χ0n) is 6.96. The van der Waals surface area contributed by atoms with Gasteiger partial charge in [-0.1, -0.05) is 0 Å². The van der Waals surface area contributed by atoms with Crippen molar-refractivity contribution in [2.24, 2.45) is 0 Å². The topological polar surface area (TPSA) is 25.8 Å². The van der Waals surface area contributed by atoms with Crippen molar-refractivity contribution in [2.75, 3.05) is 0 Å². The van der Waals surface area contributed by atoms with Crippen LogP contribution in [0.5, 0.6) is 0 Å². The van der Waals surface area contributed by atoms with Gasteiger partial charge in [0.05, 0.1) is 0 Å². The third-order valence-corrected chi connectivity index (χ3v) is 1.98. The van der Waals surface area contributed by atoms with Crippen LogP contribution in [0.3, 0.4) is 0 Å². The maximum Gasteiger partial charge on any atom is 0.125 e. The quantitative estimate of drug-likeness (QED) is 0.608. The molecule has 2 rings (SSSR count). The highest BCUT2D eigenvalue weighted by Crippen LogP contribution is 2.38. The van der Waals surface area contributed by atoms with E-state index < -0.39 is 0 Å². The van der Waals surface area contributed by atoms with Crippen LogP contribution in [0.4, 0.5) is 0 Å². The van der Waals surface area contributed by atoms with Crippen LogP contribution in [-0.4, -0.2) is 9.97 Å². The van der Waals surface area contributed by atoms with Gasteiger partial charge in [0, 0.05) is 17.3 Å². The molecule has 1 aromatic rings. The summed E-state index contributed by atoms with van der Waals surface area (Å²) in [5.74, 6) is 1.65. The summed E-state index contributed by atoms with van der Waals surface area (Å²) >= 11 is 0. The molecule has 0 bridgehead atoms. The second-order valence-electron chi connectivity index (χ2n) is 3.26. The highest BCUT2D eigenvalue weighted by molar-refractivity contribution is 5.17. The molecule has 2 heteroatoms. The third kappa shape index (κ3) is 1.39. The summed E-state index contributed by atoms with van der Waals surface area (Å²) in [6.45, 7) is 3.99. The van der Waals surface area contributed by atoms with Crippen molar-refractivity contribution in [3.05, 3.63) is 23.3 Å². The van der Waals surface area contributed by atoms with Gasteiger partial charge in [-0.05, 0) is 32.8 Å². The lowest BCUT2D eigenvalue weighted by atomic mass is 10.2. The van der Waals surface area contributed by atoms with E-state index in [0.29, 0.717) is 0 Å². The van der Waals surface area contributed by atoms with Crippen molar-refractivity contribution in [1.29, 1.82) is 0 Å². The monoisotopic (exact) mass is 148 g/mol. The fraction of sp³-hybridized carbons (Fsp3) is 0.556. The zero-order valence-corrected chi connectivity index (χ0v) is 6.96. The standard InChI is InChI=1S/C9H12N2/c1-6-5-9(8-3-4-8)11-7(2)10-6/h5,8H,3-4H2,1-2H3. The van der Waals surface area contributed by atoms with Crippen LogP contribution in [0.2, 0.25) is 0 Å². The first-order chi connectivity index (χ1) is 5.25. The number of rotatable bonds is 1. The zero-order chi connectivity index (χ0) is 7.84. The largest absolute Gasteiger partial charge is 0.239 e. The van der Waals surface area contributed by atoms with Gasteiger partial charge in [-0.25, -0.2) is 9.97 Å². The third-order valence-electron chi connectivity index (χ3n) is 1.98. The van der Waals surface area contributed by atoms with E-state index in [1.807, 2.05) is 13.8 Å². The average molecular weight is 148 g/mol. The van der Waals surface area contributed by atoms with Crippen molar-refractivity contribution < 1.29 is 0 Å². The summed E-state index contributed by atoms with van der Waals surface area (Å²) in [7, 11) is 0. The van der Waals surface area contributed by atoms with Crippen LogP contribution in [0.15, 0.2) is 6.07 Å². The molecule has 0 N–H and O–H groups in total. The second-order valence-corrected chi connectivity index (χ2v) is 3.26. The minimum atomic E-state index is 0.746. The number of hydrogen-bond acceptors (Lipinski definition) is 2. The molecule has 11 heavy (non-hydrogen) atoms. The Morgan fingerprint density at radius 1 is 1.27 bits per heavy atom. The van der Waals surface area contributed by atoms with E-state index in [2.05, 4.69) is 16.0 Å². The predicted molar refractivity (Wildman–Crippen MR) is 43.5 cm³/mol. The molecule has 2 nitrogen and oxygen atoms in total. The van der Waals surface area contributed by atoms with Crippen LogP contribution in [0.1, 0.15) is 36.0 Å². The molecule has 1 fully saturated rings. The van der Waals surface area contributed by atoms with Gasteiger partial charge in [0.1, 0.15) is 5.82 Å². The van der Waals surface area contributed by atoms with E-state index in [9.17, 15) is 0 Å². The smallest absolute Gasteiger partial charge is 0.125 e. The van der Waals surface area contributed by atoms with Gasteiger partial charge in [-0.15, -0.1) is 0 Å². The van der Waals surface area contributed by atoms with Gasteiger partial charge in [-0.2, -0.15) is 0 Å². The Morgan fingerprint density at radius 3 is 2.55 bits per heavy atom. The molecule has 1 aliphatic carbocycles. The Bertz CT molecular complexity index is 257. The number of aryl methyl sites for hydroxylation is 2. The highest BCUT2D eigenvalue weighted by Gasteiger charge is 2.25. The van der Waals surface area contributed by atoms with Crippen molar-refractivity contribution in [3.8, 4) is 0 Å². The van der Waals surface area contributed by atoms with E-state index >= 15 is 0 Å². The fourth-order valence-electron chi connectivity index (χ4n) is 1.33. The summed E-state index contributed by atoms with van der Waals surface area (Å²) in [4.78, 5) is 8.62. The second kappa shape index (κ2) is 2.29. The minimum absolute atomic E-state index is 0.746. The van der Waals surface area contributed by atoms with Gasteiger partial charge in [0.25, 0.3) is 0 Å². The van der Waals surface area contributed by atoms with Gasteiger partial charge in [0.2, 0.25) is 0 Å². The molecule has 1 aliphatic rings. The summed E-state index contributed by atoms with van der Waals surface area (Å²) in [6, 6.07) is 2.10. The fourth-order valence-corrected chi connectivity index (χ4v) is 1.33. The summed E-state index contributed by atoms with van der Waals surface area (Å²) in [5, 5.41) is 0. The molecule has 0 spiro atoms. The number of nitrogens with zero attached hydrogens (tertiary/aromatic N) is 2. The normalized spacial score (nSPS) is 16.9. The number of aromatic nitrogens is 2. The maximum absolute atomic E-state index is 4.38. The molecule has 0 aromatic carbocycles. The lowest BCUT2D eigenvalue weighted by Gasteiger charge is -1.99. The van der Waals surface area contributed by atoms with E-state index in [-0.39, 0.29) is 0 Å².